The van der Waals surface area contributed by atoms with Crippen molar-refractivity contribution in [2.75, 3.05) is 19.7 Å². The molecule has 3 nitrogen and oxygen atoms in total. The number of nitrogens with zero attached hydrogens (tertiary/aromatic N) is 1. The molecule has 120 valence electrons. The number of carbonyl (C=O) groups excluding carboxylic acids is 1. The van der Waals surface area contributed by atoms with Gasteiger partial charge in [0.05, 0.1) is 12.2 Å². The van der Waals surface area contributed by atoms with Gasteiger partial charge in [0.15, 0.2) is 0 Å². The van der Waals surface area contributed by atoms with Crippen molar-refractivity contribution in [2.24, 2.45) is 5.92 Å². The second-order valence-electron chi connectivity index (χ2n) is 6.65. The maximum Gasteiger partial charge on any atom is 0.338 e. The molecule has 3 rings (SSSR count). The molecule has 1 saturated carbocycles. The zero-order chi connectivity index (χ0) is 15.2. The van der Waals surface area contributed by atoms with Gasteiger partial charge in [-0.15, -0.1) is 0 Å². The van der Waals surface area contributed by atoms with Crippen molar-refractivity contribution in [2.45, 2.75) is 51.0 Å². The molecule has 1 aromatic carbocycles. The minimum Gasteiger partial charge on any atom is -0.462 e. The summed E-state index contributed by atoms with van der Waals surface area (Å²) in [5.41, 5.74) is 0.646. The van der Waals surface area contributed by atoms with Gasteiger partial charge in [0.1, 0.15) is 0 Å². The fourth-order valence-corrected chi connectivity index (χ4v) is 4.10. The van der Waals surface area contributed by atoms with E-state index >= 15 is 0 Å². The van der Waals surface area contributed by atoms with Crippen LogP contribution in [0, 0.1) is 5.92 Å². The van der Waals surface area contributed by atoms with E-state index in [-0.39, 0.29) is 5.97 Å². The van der Waals surface area contributed by atoms with Crippen LogP contribution in [0.2, 0.25) is 0 Å². The minimum absolute atomic E-state index is 0.199. The SMILES string of the molecule is O=C(OCCCN1CCCC2CCCCC21)c1ccccc1. The van der Waals surface area contributed by atoms with E-state index in [1.165, 1.54) is 45.1 Å². The Morgan fingerprint density at radius 1 is 1.09 bits per heavy atom. The lowest BCUT2D eigenvalue weighted by Crippen LogP contribution is -2.47. The van der Waals surface area contributed by atoms with Crippen LogP contribution in [-0.2, 0) is 4.74 Å². The highest BCUT2D eigenvalue weighted by molar-refractivity contribution is 5.89. The Balaban J connectivity index is 1.40. The van der Waals surface area contributed by atoms with Crippen molar-refractivity contribution < 1.29 is 9.53 Å². The number of fused-ring (bicyclic) bond motifs is 1. The van der Waals surface area contributed by atoms with Gasteiger partial charge in [-0.3, -0.25) is 4.90 Å². The van der Waals surface area contributed by atoms with Gasteiger partial charge in [-0.25, -0.2) is 4.79 Å². The summed E-state index contributed by atoms with van der Waals surface area (Å²) in [4.78, 5) is 14.5. The van der Waals surface area contributed by atoms with Gasteiger partial charge < -0.3 is 4.74 Å². The average molecular weight is 301 g/mol. The van der Waals surface area contributed by atoms with Gasteiger partial charge in [-0.05, 0) is 56.7 Å². The molecule has 2 unspecified atom stereocenters. The highest BCUT2D eigenvalue weighted by Gasteiger charge is 2.32. The van der Waals surface area contributed by atoms with E-state index in [9.17, 15) is 4.79 Å². The number of piperidine rings is 1. The fraction of sp³-hybridized carbons (Fsp3) is 0.632. The summed E-state index contributed by atoms with van der Waals surface area (Å²) in [6, 6.07) is 10.1. The van der Waals surface area contributed by atoms with Crippen LogP contribution in [-0.4, -0.2) is 36.6 Å². The Bertz CT molecular complexity index is 472. The summed E-state index contributed by atoms with van der Waals surface area (Å²) in [6.45, 7) is 2.83. The van der Waals surface area contributed by atoms with E-state index in [2.05, 4.69) is 4.90 Å². The number of ether oxygens (including phenoxy) is 1. The summed E-state index contributed by atoms with van der Waals surface area (Å²) in [6.07, 6.45) is 9.31. The zero-order valence-electron chi connectivity index (χ0n) is 13.4. The molecule has 2 aliphatic rings. The van der Waals surface area contributed by atoms with Gasteiger partial charge in [-0.2, -0.15) is 0 Å². The molecule has 1 aliphatic carbocycles. The molecule has 2 atom stereocenters. The van der Waals surface area contributed by atoms with Crippen molar-refractivity contribution in [3.05, 3.63) is 35.9 Å². The van der Waals surface area contributed by atoms with Crippen LogP contribution in [0.5, 0.6) is 0 Å². The number of esters is 1. The monoisotopic (exact) mass is 301 g/mol. The van der Waals surface area contributed by atoms with Gasteiger partial charge in [0, 0.05) is 12.6 Å². The van der Waals surface area contributed by atoms with E-state index in [4.69, 9.17) is 4.74 Å². The summed E-state index contributed by atoms with van der Waals surface area (Å²) < 4.78 is 5.39. The lowest BCUT2D eigenvalue weighted by Gasteiger charge is -2.44. The van der Waals surface area contributed by atoms with Gasteiger partial charge in [0.2, 0.25) is 0 Å². The minimum atomic E-state index is -0.199. The number of likely N-dealkylation sites (tertiary alicyclic amines) is 1. The molecule has 0 aromatic heterocycles. The van der Waals surface area contributed by atoms with E-state index < -0.39 is 0 Å². The molecule has 0 N–H and O–H groups in total. The maximum atomic E-state index is 11.9. The third-order valence-corrected chi connectivity index (χ3v) is 5.19. The van der Waals surface area contributed by atoms with Crippen LogP contribution in [0.15, 0.2) is 30.3 Å². The Morgan fingerprint density at radius 3 is 2.73 bits per heavy atom. The van der Waals surface area contributed by atoms with Crippen molar-refractivity contribution in [1.82, 2.24) is 4.90 Å². The van der Waals surface area contributed by atoms with Crippen LogP contribution in [0.25, 0.3) is 0 Å². The van der Waals surface area contributed by atoms with E-state index in [1.54, 1.807) is 12.1 Å². The molecule has 0 amide bonds. The molecule has 2 fully saturated rings. The first-order valence-corrected chi connectivity index (χ1v) is 8.81. The molecule has 1 saturated heterocycles. The molecule has 0 radical (unpaired) electrons. The Morgan fingerprint density at radius 2 is 1.86 bits per heavy atom. The van der Waals surface area contributed by atoms with Crippen molar-refractivity contribution >= 4 is 5.97 Å². The molecule has 1 aromatic rings. The van der Waals surface area contributed by atoms with E-state index in [1.807, 2.05) is 18.2 Å². The summed E-state index contributed by atoms with van der Waals surface area (Å²) in [5, 5.41) is 0. The molecular formula is C19H27NO2. The Kier molecular flexibility index (Phi) is 5.49. The van der Waals surface area contributed by atoms with Crippen LogP contribution >= 0.6 is 0 Å². The van der Waals surface area contributed by atoms with Crippen LogP contribution in [0.1, 0.15) is 55.3 Å². The highest BCUT2D eigenvalue weighted by atomic mass is 16.5. The lowest BCUT2D eigenvalue weighted by molar-refractivity contribution is 0.0388. The fourth-order valence-electron chi connectivity index (χ4n) is 4.10. The molecule has 1 aliphatic heterocycles. The molecule has 22 heavy (non-hydrogen) atoms. The summed E-state index contributed by atoms with van der Waals surface area (Å²) >= 11 is 0. The first-order valence-electron chi connectivity index (χ1n) is 8.81. The maximum absolute atomic E-state index is 11.9. The number of benzene rings is 1. The zero-order valence-corrected chi connectivity index (χ0v) is 13.4. The lowest BCUT2D eigenvalue weighted by atomic mass is 9.78. The summed E-state index contributed by atoms with van der Waals surface area (Å²) in [5.74, 6) is 0.726. The molecule has 0 spiro atoms. The number of hydrogen-bond donors (Lipinski definition) is 0. The first kappa shape index (κ1) is 15.5. The van der Waals surface area contributed by atoms with Crippen molar-refractivity contribution in [1.29, 1.82) is 0 Å². The second kappa shape index (κ2) is 7.77. The van der Waals surface area contributed by atoms with Crippen LogP contribution < -0.4 is 0 Å². The smallest absolute Gasteiger partial charge is 0.338 e. The molecule has 0 bridgehead atoms. The predicted molar refractivity (Wildman–Crippen MR) is 87.9 cm³/mol. The van der Waals surface area contributed by atoms with E-state index in [0.29, 0.717) is 12.2 Å². The number of rotatable bonds is 5. The second-order valence-corrected chi connectivity index (χ2v) is 6.65. The quantitative estimate of drug-likeness (QED) is 0.610. The van der Waals surface area contributed by atoms with Crippen LogP contribution in [0.4, 0.5) is 0 Å². The molecule has 3 heteroatoms. The number of carbonyl (C=O) groups is 1. The number of hydrogen-bond acceptors (Lipinski definition) is 3. The van der Waals surface area contributed by atoms with Crippen molar-refractivity contribution in [3.8, 4) is 0 Å². The summed E-state index contributed by atoms with van der Waals surface area (Å²) in [7, 11) is 0. The third kappa shape index (κ3) is 3.89. The van der Waals surface area contributed by atoms with Crippen molar-refractivity contribution in [3.63, 3.8) is 0 Å². The standard InChI is InChI=1S/C19H27NO2/c21-19(17-9-2-1-3-10-17)22-15-7-14-20-13-6-11-16-8-4-5-12-18(16)20/h1-3,9-10,16,18H,4-8,11-15H2. The molecular weight excluding hydrogens is 274 g/mol. The van der Waals surface area contributed by atoms with Gasteiger partial charge in [-0.1, -0.05) is 31.0 Å². The van der Waals surface area contributed by atoms with Gasteiger partial charge in [0.25, 0.3) is 0 Å². The largest absolute Gasteiger partial charge is 0.462 e. The Hall–Kier alpha value is -1.35. The van der Waals surface area contributed by atoms with Gasteiger partial charge >= 0.3 is 5.97 Å². The topological polar surface area (TPSA) is 29.5 Å². The normalized spacial score (nSPS) is 25.5. The molecule has 1 heterocycles. The average Bonchev–Trinajstić information content (AvgIpc) is 2.59. The first-order chi connectivity index (χ1) is 10.8. The third-order valence-electron chi connectivity index (χ3n) is 5.19. The highest BCUT2D eigenvalue weighted by Crippen LogP contribution is 2.35. The van der Waals surface area contributed by atoms with Crippen LogP contribution in [0.3, 0.4) is 0 Å². The Labute approximate surface area is 133 Å². The van der Waals surface area contributed by atoms with E-state index in [0.717, 1.165) is 24.9 Å². The predicted octanol–water partition coefficient (Wildman–Crippen LogP) is 3.89.